The predicted molar refractivity (Wildman–Crippen MR) is 95.9 cm³/mol. The Bertz CT molecular complexity index is 637. The summed E-state index contributed by atoms with van der Waals surface area (Å²) < 4.78 is 20.8. The Labute approximate surface area is 153 Å². The van der Waals surface area contributed by atoms with Gasteiger partial charge in [0.05, 0.1) is 21.3 Å². The van der Waals surface area contributed by atoms with Crippen LogP contribution in [-0.4, -0.2) is 45.9 Å². The van der Waals surface area contributed by atoms with Gasteiger partial charge >= 0.3 is 5.97 Å². The molecule has 0 heterocycles. The maximum absolute atomic E-state index is 12.4. The molecule has 7 nitrogen and oxygen atoms in total. The number of benzene rings is 1. The molecule has 144 valence electrons. The summed E-state index contributed by atoms with van der Waals surface area (Å²) in [5.74, 6) is 0.694. The molecule has 1 saturated carbocycles. The molecule has 7 heteroatoms. The highest BCUT2D eigenvalue weighted by Gasteiger charge is 2.23. The molecule has 0 aliphatic heterocycles. The van der Waals surface area contributed by atoms with E-state index in [9.17, 15) is 9.59 Å². The molecule has 1 aliphatic carbocycles. The standard InChI is InChI=1S/C19H27NO6/c1-12-5-7-13(8-6-12)20-16(21)11-26-19(22)14-9-10-15(23-2)18(25-4)17(14)24-3/h9-10,12-13H,5-8,11H2,1-4H3,(H,20,21). The summed E-state index contributed by atoms with van der Waals surface area (Å²) in [5.41, 5.74) is 0.171. The van der Waals surface area contributed by atoms with Crippen LogP contribution < -0.4 is 19.5 Å². The molecule has 1 aromatic carbocycles. The van der Waals surface area contributed by atoms with Crippen LogP contribution in [0.3, 0.4) is 0 Å². The first-order valence-electron chi connectivity index (χ1n) is 8.75. The minimum Gasteiger partial charge on any atom is -0.493 e. The van der Waals surface area contributed by atoms with Crippen LogP contribution in [0.1, 0.15) is 43.0 Å². The minimum atomic E-state index is -0.657. The number of rotatable bonds is 7. The van der Waals surface area contributed by atoms with Crippen molar-refractivity contribution in [1.29, 1.82) is 0 Å². The summed E-state index contributed by atoms with van der Waals surface area (Å²) in [5, 5.41) is 2.92. The summed E-state index contributed by atoms with van der Waals surface area (Å²) in [6.45, 7) is 1.89. The monoisotopic (exact) mass is 365 g/mol. The molecule has 0 bridgehead atoms. The van der Waals surface area contributed by atoms with Crippen molar-refractivity contribution in [3.05, 3.63) is 17.7 Å². The summed E-state index contributed by atoms with van der Waals surface area (Å²) in [7, 11) is 4.37. The zero-order valence-electron chi connectivity index (χ0n) is 15.8. The first-order valence-corrected chi connectivity index (χ1v) is 8.75. The van der Waals surface area contributed by atoms with Crippen LogP contribution in [0.2, 0.25) is 0 Å². The van der Waals surface area contributed by atoms with Crippen molar-refractivity contribution in [3.8, 4) is 17.2 Å². The summed E-state index contributed by atoms with van der Waals surface area (Å²) >= 11 is 0. The van der Waals surface area contributed by atoms with E-state index in [0.29, 0.717) is 17.4 Å². The zero-order chi connectivity index (χ0) is 19.1. The Balaban J connectivity index is 1.96. The van der Waals surface area contributed by atoms with Gasteiger partial charge in [-0.2, -0.15) is 0 Å². The first-order chi connectivity index (χ1) is 12.5. The van der Waals surface area contributed by atoms with Gasteiger partial charge in [0.1, 0.15) is 5.56 Å². The largest absolute Gasteiger partial charge is 0.493 e. The summed E-state index contributed by atoms with van der Waals surface area (Å²) in [6.07, 6.45) is 4.13. The summed E-state index contributed by atoms with van der Waals surface area (Å²) in [4.78, 5) is 24.4. The van der Waals surface area contributed by atoms with E-state index in [0.717, 1.165) is 25.7 Å². The third-order valence-corrected chi connectivity index (χ3v) is 4.64. The van der Waals surface area contributed by atoms with Crippen molar-refractivity contribution < 1.29 is 28.5 Å². The van der Waals surface area contributed by atoms with Crippen LogP contribution in [0.5, 0.6) is 17.2 Å². The highest BCUT2D eigenvalue weighted by atomic mass is 16.5. The molecule has 2 rings (SSSR count). The fourth-order valence-corrected chi connectivity index (χ4v) is 3.14. The second kappa shape index (κ2) is 9.31. The Morgan fingerprint density at radius 3 is 2.23 bits per heavy atom. The molecular weight excluding hydrogens is 338 g/mol. The predicted octanol–water partition coefficient (Wildman–Crippen LogP) is 2.56. The average Bonchev–Trinajstić information content (AvgIpc) is 2.66. The number of esters is 1. The van der Waals surface area contributed by atoms with E-state index in [1.807, 2.05) is 0 Å². The van der Waals surface area contributed by atoms with E-state index >= 15 is 0 Å². The summed E-state index contributed by atoms with van der Waals surface area (Å²) in [6, 6.07) is 3.26. The topological polar surface area (TPSA) is 83.1 Å². The first kappa shape index (κ1) is 19.9. The van der Waals surface area contributed by atoms with E-state index in [-0.39, 0.29) is 29.9 Å². The van der Waals surface area contributed by atoms with Gasteiger partial charge in [0.2, 0.25) is 5.75 Å². The molecule has 1 amide bonds. The SMILES string of the molecule is COc1ccc(C(=O)OCC(=O)NC2CCC(C)CC2)c(OC)c1OC. The maximum Gasteiger partial charge on any atom is 0.342 e. The molecule has 1 N–H and O–H groups in total. The minimum absolute atomic E-state index is 0.160. The van der Waals surface area contributed by atoms with Crippen LogP contribution in [0.25, 0.3) is 0 Å². The maximum atomic E-state index is 12.4. The van der Waals surface area contributed by atoms with Crippen molar-refractivity contribution in [2.75, 3.05) is 27.9 Å². The van der Waals surface area contributed by atoms with Crippen LogP contribution in [0, 0.1) is 5.92 Å². The Morgan fingerprint density at radius 1 is 1.00 bits per heavy atom. The van der Waals surface area contributed by atoms with Crippen LogP contribution in [-0.2, 0) is 9.53 Å². The number of hydrogen-bond donors (Lipinski definition) is 1. The fourth-order valence-electron chi connectivity index (χ4n) is 3.14. The second-order valence-corrected chi connectivity index (χ2v) is 6.48. The van der Waals surface area contributed by atoms with Gasteiger partial charge in [0.15, 0.2) is 18.1 Å². The number of carbonyl (C=O) groups is 2. The quantitative estimate of drug-likeness (QED) is 0.748. The molecule has 1 aromatic rings. The highest BCUT2D eigenvalue weighted by molar-refractivity contribution is 5.95. The number of hydrogen-bond acceptors (Lipinski definition) is 6. The van der Waals surface area contributed by atoms with Crippen molar-refractivity contribution in [2.24, 2.45) is 5.92 Å². The lowest BCUT2D eigenvalue weighted by molar-refractivity contribution is -0.125. The number of nitrogens with one attached hydrogen (secondary N) is 1. The highest BCUT2D eigenvalue weighted by Crippen LogP contribution is 2.39. The van der Waals surface area contributed by atoms with Crippen molar-refractivity contribution in [3.63, 3.8) is 0 Å². The molecule has 0 radical (unpaired) electrons. The third kappa shape index (κ3) is 4.80. The number of methoxy groups -OCH3 is 3. The van der Waals surface area contributed by atoms with Crippen molar-refractivity contribution >= 4 is 11.9 Å². The molecule has 0 unspecified atom stereocenters. The molecule has 1 fully saturated rings. The Kier molecular flexibility index (Phi) is 7.12. The van der Waals surface area contributed by atoms with Gasteiger partial charge in [-0.05, 0) is 43.7 Å². The van der Waals surface area contributed by atoms with Gasteiger partial charge < -0.3 is 24.3 Å². The number of ether oxygens (including phenoxy) is 4. The van der Waals surface area contributed by atoms with Crippen LogP contribution in [0.4, 0.5) is 0 Å². The van der Waals surface area contributed by atoms with Crippen molar-refractivity contribution in [2.45, 2.75) is 38.6 Å². The molecule has 0 spiro atoms. The Morgan fingerprint density at radius 2 is 1.65 bits per heavy atom. The normalized spacial score (nSPS) is 19.4. The smallest absolute Gasteiger partial charge is 0.342 e. The third-order valence-electron chi connectivity index (χ3n) is 4.64. The van der Waals surface area contributed by atoms with E-state index in [2.05, 4.69) is 12.2 Å². The molecule has 1 aliphatic rings. The lowest BCUT2D eigenvalue weighted by Crippen LogP contribution is -2.39. The molecular formula is C19H27NO6. The Hall–Kier alpha value is -2.44. The average molecular weight is 365 g/mol. The molecule has 26 heavy (non-hydrogen) atoms. The van der Waals surface area contributed by atoms with Gasteiger partial charge in [0, 0.05) is 6.04 Å². The van der Waals surface area contributed by atoms with E-state index in [4.69, 9.17) is 18.9 Å². The van der Waals surface area contributed by atoms with E-state index < -0.39 is 5.97 Å². The second-order valence-electron chi connectivity index (χ2n) is 6.48. The van der Waals surface area contributed by atoms with Crippen LogP contribution >= 0.6 is 0 Å². The number of amides is 1. The fraction of sp³-hybridized carbons (Fsp3) is 0.579. The number of carbonyl (C=O) groups excluding carboxylic acids is 2. The molecule has 0 aromatic heterocycles. The van der Waals surface area contributed by atoms with Gasteiger partial charge in [-0.25, -0.2) is 4.79 Å². The van der Waals surface area contributed by atoms with Gasteiger partial charge in [-0.1, -0.05) is 6.92 Å². The van der Waals surface area contributed by atoms with Gasteiger partial charge in [-0.3, -0.25) is 4.79 Å². The lowest BCUT2D eigenvalue weighted by atomic mass is 9.87. The van der Waals surface area contributed by atoms with Gasteiger partial charge in [-0.15, -0.1) is 0 Å². The zero-order valence-corrected chi connectivity index (χ0v) is 15.8. The van der Waals surface area contributed by atoms with Crippen LogP contribution in [0.15, 0.2) is 12.1 Å². The molecule has 0 atom stereocenters. The molecule has 0 saturated heterocycles. The van der Waals surface area contributed by atoms with Crippen molar-refractivity contribution in [1.82, 2.24) is 5.32 Å². The van der Waals surface area contributed by atoms with E-state index in [1.165, 1.54) is 27.4 Å². The van der Waals surface area contributed by atoms with Gasteiger partial charge in [0.25, 0.3) is 5.91 Å². The lowest BCUT2D eigenvalue weighted by Gasteiger charge is -2.26. The van der Waals surface area contributed by atoms with E-state index in [1.54, 1.807) is 6.07 Å².